The maximum absolute atomic E-state index is 6.23. The number of halogens is 1. The molecule has 0 bridgehead atoms. The van der Waals surface area contributed by atoms with Gasteiger partial charge in [0.25, 0.3) is 0 Å². The van der Waals surface area contributed by atoms with E-state index in [2.05, 4.69) is 34.3 Å². The molecule has 1 aliphatic carbocycles. The van der Waals surface area contributed by atoms with Crippen molar-refractivity contribution >= 4 is 27.3 Å². The van der Waals surface area contributed by atoms with Crippen molar-refractivity contribution in [3.8, 4) is 0 Å². The zero-order valence-electron chi connectivity index (χ0n) is 10.2. The van der Waals surface area contributed by atoms with Gasteiger partial charge in [-0.25, -0.2) is 0 Å². The fourth-order valence-electron chi connectivity index (χ4n) is 2.30. The predicted octanol–water partition coefficient (Wildman–Crippen LogP) is 4.25. The molecule has 2 N–H and O–H groups in total. The van der Waals surface area contributed by atoms with Crippen molar-refractivity contribution in [3.63, 3.8) is 0 Å². The first kappa shape index (κ1) is 13.5. The summed E-state index contributed by atoms with van der Waals surface area (Å²) in [5.41, 5.74) is 6.20. The SMILES string of the molecule is CCC(N)C(OC1CCCC1)c1cc(Br)cs1. The molecule has 2 atom stereocenters. The van der Waals surface area contributed by atoms with E-state index >= 15 is 0 Å². The van der Waals surface area contributed by atoms with E-state index < -0.39 is 0 Å². The molecular formula is C13H20BrNOS. The second-order valence-electron chi connectivity index (χ2n) is 4.70. The van der Waals surface area contributed by atoms with Crippen molar-refractivity contribution < 1.29 is 4.74 Å². The van der Waals surface area contributed by atoms with Gasteiger partial charge >= 0.3 is 0 Å². The van der Waals surface area contributed by atoms with Crippen molar-refractivity contribution in [1.82, 2.24) is 0 Å². The van der Waals surface area contributed by atoms with E-state index in [4.69, 9.17) is 10.5 Å². The first-order valence-corrected chi connectivity index (χ1v) is 8.03. The van der Waals surface area contributed by atoms with Crippen LogP contribution in [-0.4, -0.2) is 12.1 Å². The molecule has 2 unspecified atom stereocenters. The number of nitrogens with two attached hydrogens (primary N) is 1. The van der Waals surface area contributed by atoms with Crippen LogP contribution in [0.4, 0.5) is 0 Å². The van der Waals surface area contributed by atoms with Crippen molar-refractivity contribution in [2.24, 2.45) is 5.73 Å². The lowest BCUT2D eigenvalue weighted by atomic mass is 10.1. The molecule has 0 spiro atoms. The molecule has 96 valence electrons. The smallest absolute Gasteiger partial charge is 0.107 e. The fourth-order valence-corrected chi connectivity index (χ4v) is 3.86. The predicted molar refractivity (Wildman–Crippen MR) is 76.4 cm³/mol. The molecule has 0 saturated heterocycles. The molecule has 0 aromatic carbocycles. The summed E-state index contributed by atoms with van der Waals surface area (Å²) in [5, 5.41) is 2.10. The summed E-state index contributed by atoms with van der Waals surface area (Å²) in [6.07, 6.45) is 6.42. The standard InChI is InChI=1S/C13H20BrNOS/c1-2-11(15)13(12-7-9(14)8-17-12)16-10-5-3-4-6-10/h7-8,10-11,13H,2-6,15H2,1H3. The van der Waals surface area contributed by atoms with Gasteiger partial charge in [0.15, 0.2) is 0 Å². The van der Waals surface area contributed by atoms with Crippen LogP contribution in [0.5, 0.6) is 0 Å². The molecule has 4 heteroatoms. The summed E-state index contributed by atoms with van der Waals surface area (Å²) < 4.78 is 7.35. The molecule has 1 saturated carbocycles. The average molecular weight is 318 g/mol. The van der Waals surface area contributed by atoms with Crippen LogP contribution >= 0.6 is 27.3 Å². The minimum Gasteiger partial charge on any atom is -0.368 e. The first-order valence-electron chi connectivity index (χ1n) is 6.35. The Morgan fingerprint density at radius 3 is 2.76 bits per heavy atom. The van der Waals surface area contributed by atoms with Gasteiger partial charge in [0.1, 0.15) is 6.10 Å². The average Bonchev–Trinajstić information content (AvgIpc) is 2.96. The van der Waals surface area contributed by atoms with E-state index in [0.717, 1.165) is 10.9 Å². The fraction of sp³-hybridized carbons (Fsp3) is 0.692. The van der Waals surface area contributed by atoms with Gasteiger partial charge in [-0.2, -0.15) is 0 Å². The van der Waals surface area contributed by atoms with Crippen LogP contribution in [0.1, 0.15) is 50.0 Å². The van der Waals surface area contributed by atoms with E-state index in [9.17, 15) is 0 Å². The Morgan fingerprint density at radius 2 is 2.24 bits per heavy atom. The largest absolute Gasteiger partial charge is 0.368 e. The van der Waals surface area contributed by atoms with E-state index in [1.807, 2.05) is 0 Å². The molecule has 17 heavy (non-hydrogen) atoms. The van der Waals surface area contributed by atoms with E-state index in [0.29, 0.717) is 6.10 Å². The molecule has 2 nitrogen and oxygen atoms in total. The van der Waals surface area contributed by atoms with Crippen LogP contribution in [0.3, 0.4) is 0 Å². The molecule has 1 aromatic heterocycles. The van der Waals surface area contributed by atoms with Crippen molar-refractivity contribution in [2.75, 3.05) is 0 Å². The number of hydrogen-bond donors (Lipinski definition) is 1. The van der Waals surface area contributed by atoms with E-state index in [1.165, 1.54) is 30.6 Å². The van der Waals surface area contributed by atoms with Gasteiger partial charge in [-0.3, -0.25) is 0 Å². The van der Waals surface area contributed by atoms with Crippen LogP contribution in [0, 0.1) is 0 Å². The Kier molecular flexibility index (Phi) is 5.03. The van der Waals surface area contributed by atoms with Gasteiger partial charge in [-0.1, -0.05) is 19.8 Å². The Hall–Kier alpha value is 0.1000. The molecule has 1 aliphatic rings. The highest BCUT2D eigenvalue weighted by Gasteiger charge is 2.26. The van der Waals surface area contributed by atoms with Crippen LogP contribution in [0.25, 0.3) is 0 Å². The maximum Gasteiger partial charge on any atom is 0.107 e. The number of thiophene rings is 1. The second-order valence-corrected chi connectivity index (χ2v) is 6.56. The number of rotatable bonds is 5. The summed E-state index contributed by atoms with van der Waals surface area (Å²) in [5.74, 6) is 0. The topological polar surface area (TPSA) is 35.2 Å². The Labute approximate surface area is 116 Å². The highest BCUT2D eigenvalue weighted by Crippen LogP contribution is 2.34. The third kappa shape index (κ3) is 3.53. The maximum atomic E-state index is 6.23. The van der Waals surface area contributed by atoms with Crippen molar-refractivity contribution in [3.05, 3.63) is 20.8 Å². The highest BCUT2D eigenvalue weighted by molar-refractivity contribution is 9.10. The number of ether oxygens (including phenoxy) is 1. The van der Waals surface area contributed by atoms with Gasteiger partial charge in [0.2, 0.25) is 0 Å². The summed E-state index contributed by atoms with van der Waals surface area (Å²) >= 11 is 5.23. The molecule has 0 aliphatic heterocycles. The Morgan fingerprint density at radius 1 is 1.53 bits per heavy atom. The van der Waals surface area contributed by atoms with Crippen LogP contribution in [-0.2, 0) is 4.74 Å². The zero-order valence-corrected chi connectivity index (χ0v) is 12.6. The normalized spacial score (nSPS) is 20.6. The van der Waals surface area contributed by atoms with E-state index in [-0.39, 0.29) is 12.1 Å². The highest BCUT2D eigenvalue weighted by atomic mass is 79.9. The molecular weight excluding hydrogens is 298 g/mol. The summed E-state index contributed by atoms with van der Waals surface area (Å²) in [4.78, 5) is 1.25. The lowest BCUT2D eigenvalue weighted by Crippen LogP contribution is -2.31. The van der Waals surface area contributed by atoms with Crippen molar-refractivity contribution in [2.45, 2.75) is 57.3 Å². The third-order valence-electron chi connectivity index (χ3n) is 3.37. The second kappa shape index (κ2) is 6.32. The van der Waals surface area contributed by atoms with Crippen molar-refractivity contribution in [1.29, 1.82) is 0 Å². The first-order chi connectivity index (χ1) is 8.20. The molecule has 0 radical (unpaired) electrons. The van der Waals surface area contributed by atoms with Gasteiger partial charge in [-0.15, -0.1) is 11.3 Å². The molecule has 1 fully saturated rings. The van der Waals surface area contributed by atoms with Crippen LogP contribution in [0.15, 0.2) is 15.9 Å². The molecule has 1 heterocycles. The molecule has 0 amide bonds. The quantitative estimate of drug-likeness (QED) is 0.881. The zero-order chi connectivity index (χ0) is 12.3. The summed E-state index contributed by atoms with van der Waals surface area (Å²) in [6.45, 7) is 2.12. The van der Waals surface area contributed by atoms with Gasteiger partial charge in [0, 0.05) is 20.8 Å². The number of hydrogen-bond acceptors (Lipinski definition) is 3. The molecule has 2 rings (SSSR count). The van der Waals surface area contributed by atoms with Crippen LogP contribution < -0.4 is 5.73 Å². The van der Waals surface area contributed by atoms with Gasteiger partial charge in [-0.05, 0) is 41.3 Å². The summed E-state index contributed by atoms with van der Waals surface area (Å²) in [7, 11) is 0. The Balaban J connectivity index is 2.07. The van der Waals surface area contributed by atoms with Gasteiger partial charge < -0.3 is 10.5 Å². The Bertz CT molecular complexity index is 349. The van der Waals surface area contributed by atoms with E-state index in [1.54, 1.807) is 11.3 Å². The van der Waals surface area contributed by atoms with Gasteiger partial charge in [0.05, 0.1) is 6.10 Å². The molecule has 1 aromatic rings. The monoisotopic (exact) mass is 317 g/mol. The minimum absolute atomic E-state index is 0.0689. The summed E-state index contributed by atoms with van der Waals surface area (Å²) in [6, 6.07) is 2.24. The third-order valence-corrected chi connectivity index (χ3v) is 5.12. The van der Waals surface area contributed by atoms with Crippen LogP contribution in [0.2, 0.25) is 0 Å². The minimum atomic E-state index is 0.0689. The lowest BCUT2D eigenvalue weighted by molar-refractivity contribution is -0.0217. The lowest BCUT2D eigenvalue weighted by Gasteiger charge is -2.25.